The number of nitrogens with one attached hydrogen (secondary N) is 1. The van der Waals surface area contributed by atoms with Crippen molar-refractivity contribution in [3.8, 4) is 0 Å². The molecule has 2 aliphatic rings. The highest BCUT2D eigenvalue weighted by Gasteiger charge is 2.50. The zero-order chi connectivity index (χ0) is 21.4. The lowest BCUT2D eigenvalue weighted by molar-refractivity contribution is -0.133. The van der Waals surface area contributed by atoms with E-state index < -0.39 is 21.5 Å². The maximum absolute atomic E-state index is 13.4. The van der Waals surface area contributed by atoms with Gasteiger partial charge < -0.3 is 5.32 Å². The molecular formula is C20H28BrN3O4S. The van der Waals surface area contributed by atoms with Crippen molar-refractivity contribution < 1.29 is 18.0 Å². The number of sulfonamides is 1. The first-order valence-electron chi connectivity index (χ1n) is 9.87. The highest BCUT2D eigenvalue weighted by Crippen LogP contribution is 2.33. The Morgan fingerprint density at radius 1 is 1.24 bits per heavy atom. The third kappa shape index (κ3) is 4.67. The summed E-state index contributed by atoms with van der Waals surface area (Å²) in [6.45, 7) is 3.20. The van der Waals surface area contributed by atoms with E-state index in [0.717, 1.165) is 52.7 Å². The predicted molar refractivity (Wildman–Crippen MR) is 116 cm³/mol. The molecule has 1 aromatic rings. The van der Waals surface area contributed by atoms with E-state index in [1.54, 1.807) is 13.0 Å². The summed E-state index contributed by atoms with van der Waals surface area (Å²) in [6.07, 6.45) is 6.16. The number of piperazine rings is 1. The zero-order valence-electron chi connectivity index (χ0n) is 17.1. The molecule has 1 aromatic carbocycles. The first-order valence-corrected chi connectivity index (χ1v) is 12.5. The van der Waals surface area contributed by atoms with Crippen LogP contribution in [0.2, 0.25) is 0 Å². The highest BCUT2D eigenvalue weighted by molar-refractivity contribution is 9.10. The van der Waals surface area contributed by atoms with Crippen LogP contribution in [0.4, 0.5) is 5.69 Å². The van der Waals surface area contributed by atoms with Gasteiger partial charge in [-0.2, -0.15) is 4.31 Å². The lowest BCUT2D eigenvalue weighted by atomic mass is 9.91. The lowest BCUT2D eigenvalue weighted by Gasteiger charge is -2.47. The first kappa shape index (κ1) is 22.2. The number of hydrogen-bond acceptors (Lipinski definition) is 4. The number of anilines is 1. The van der Waals surface area contributed by atoms with Crippen molar-refractivity contribution in [1.29, 1.82) is 0 Å². The summed E-state index contributed by atoms with van der Waals surface area (Å²) in [7, 11) is -3.62. The molecule has 1 saturated carbocycles. The summed E-state index contributed by atoms with van der Waals surface area (Å²) in [5, 5.41) is 3.08. The van der Waals surface area contributed by atoms with Crippen molar-refractivity contribution in [2.24, 2.45) is 0 Å². The fraction of sp³-hybridized carbons (Fsp3) is 0.600. The second-order valence-corrected chi connectivity index (χ2v) is 11.1. The van der Waals surface area contributed by atoms with Crippen LogP contribution < -0.4 is 10.2 Å². The standard InChI is InChI=1S/C20H28BrN3O4S/c1-14-11-16(9-10-17(14)21)24-18(25)12-23(29(3,27)28)13-20(24,2)19(26)22-15-7-5-4-6-8-15/h9-11,15H,4-8,12-13H2,1-3H3,(H,22,26). The normalized spacial score (nSPS) is 24.6. The van der Waals surface area contributed by atoms with Gasteiger partial charge in [0.15, 0.2) is 0 Å². The number of carbonyl (C=O) groups is 2. The van der Waals surface area contributed by atoms with Crippen LogP contribution in [0.1, 0.15) is 44.6 Å². The van der Waals surface area contributed by atoms with E-state index in [1.807, 2.05) is 19.1 Å². The molecule has 160 valence electrons. The first-order chi connectivity index (χ1) is 13.5. The minimum absolute atomic E-state index is 0.0605. The van der Waals surface area contributed by atoms with Gasteiger partial charge in [-0.05, 0) is 50.5 Å². The third-order valence-corrected chi connectivity index (χ3v) is 7.92. The smallest absolute Gasteiger partial charge is 0.247 e. The van der Waals surface area contributed by atoms with Crippen LogP contribution in [0.5, 0.6) is 0 Å². The topological polar surface area (TPSA) is 86.8 Å². The fourth-order valence-corrected chi connectivity index (χ4v) is 5.24. The molecule has 9 heteroatoms. The molecule has 7 nitrogen and oxygen atoms in total. The van der Waals surface area contributed by atoms with Crippen molar-refractivity contribution in [3.05, 3.63) is 28.2 Å². The number of hydrogen-bond donors (Lipinski definition) is 1. The van der Waals surface area contributed by atoms with Crippen molar-refractivity contribution in [2.75, 3.05) is 24.2 Å². The molecule has 1 unspecified atom stereocenters. The molecule has 1 atom stereocenters. The Morgan fingerprint density at radius 2 is 1.90 bits per heavy atom. The Morgan fingerprint density at radius 3 is 2.48 bits per heavy atom. The largest absolute Gasteiger partial charge is 0.351 e. The SMILES string of the molecule is Cc1cc(N2C(=O)CN(S(C)(=O)=O)CC2(C)C(=O)NC2CCCCC2)ccc1Br. The second kappa shape index (κ2) is 8.35. The van der Waals surface area contributed by atoms with Crippen molar-refractivity contribution in [2.45, 2.75) is 57.5 Å². The van der Waals surface area contributed by atoms with E-state index >= 15 is 0 Å². The van der Waals surface area contributed by atoms with Gasteiger partial charge in [-0.25, -0.2) is 8.42 Å². The average molecular weight is 486 g/mol. The van der Waals surface area contributed by atoms with Gasteiger partial charge in [0.1, 0.15) is 5.54 Å². The number of halogens is 1. The van der Waals surface area contributed by atoms with Crippen LogP contribution >= 0.6 is 15.9 Å². The van der Waals surface area contributed by atoms with Crippen LogP contribution in [0.3, 0.4) is 0 Å². The van der Waals surface area contributed by atoms with E-state index in [0.29, 0.717) is 5.69 Å². The van der Waals surface area contributed by atoms with Crippen LogP contribution in [0, 0.1) is 6.92 Å². The Balaban J connectivity index is 1.99. The fourth-order valence-electron chi connectivity index (χ4n) is 4.16. The van der Waals surface area contributed by atoms with E-state index in [9.17, 15) is 18.0 Å². The molecule has 1 aliphatic heterocycles. The highest BCUT2D eigenvalue weighted by atomic mass is 79.9. The number of rotatable bonds is 4. The van der Waals surface area contributed by atoms with Crippen LogP contribution in [0.25, 0.3) is 0 Å². The monoisotopic (exact) mass is 485 g/mol. The third-order valence-electron chi connectivity index (χ3n) is 5.84. The van der Waals surface area contributed by atoms with E-state index in [4.69, 9.17) is 0 Å². The molecule has 0 bridgehead atoms. The molecule has 1 aliphatic carbocycles. The van der Waals surface area contributed by atoms with Crippen molar-refractivity contribution >= 4 is 43.5 Å². The number of amides is 2. The van der Waals surface area contributed by atoms with Gasteiger partial charge in [-0.15, -0.1) is 0 Å². The summed E-state index contributed by atoms with van der Waals surface area (Å²) in [5.74, 6) is -0.726. The molecular weight excluding hydrogens is 458 g/mol. The Kier molecular flexibility index (Phi) is 6.41. The van der Waals surface area contributed by atoms with E-state index in [2.05, 4.69) is 21.2 Å². The van der Waals surface area contributed by atoms with Crippen molar-refractivity contribution in [3.63, 3.8) is 0 Å². The van der Waals surface area contributed by atoms with Gasteiger partial charge in [-0.3, -0.25) is 14.5 Å². The number of carbonyl (C=O) groups excluding carboxylic acids is 2. The van der Waals surface area contributed by atoms with Gasteiger partial charge in [0.2, 0.25) is 21.8 Å². The summed E-state index contributed by atoms with van der Waals surface area (Å²) < 4.78 is 26.4. The number of benzene rings is 1. The molecule has 2 fully saturated rings. The molecule has 1 N–H and O–H groups in total. The Bertz CT molecular complexity index is 914. The molecule has 0 aromatic heterocycles. The predicted octanol–water partition coefficient (Wildman–Crippen LogP) is 2.57. The number of aryl methyl sites for hydroxylation is 1. The molecule has 2 amide bonds. The minimum Gasteiger partial charge on any atom is -0.351 e. The second-order valence-electron chi connectivity index (χ2n) is 8.28. The average Bonchev–Trinajstić information content (AvgIpc) is 2.64. The minimum atomic E-state index is -3.62. The van der Waals surface area contributed by atoms with Gasteiger partial charge in [0, 0.05) is 22.7 Å². The van der Waals surface area contributed by atoms with Gasteiger partial charge in [0.05, 0.1) is 12.8 Å². The summed E-state index contributed by atoms with van der Waals surface area (Å²) in [4.78, 5) is 28.0. The van der Waals surface area contributed by atoms with Crippen LogP contribution in [-0.2, 0) is 19.6 Å². The van der Waals surface area contributed by atoms with Crippen LogP contribution in [0.15, 0.2) is 22.7 Å². The lowest BCUT2D eigenvalue weighted by Crippen LogP contribution is -2.70. The summed E-state index contributed by atoms with van der Waals surface area (Å²) in [5.41, 5.74) is 0.178. The Hall–Kier alpha value is -1.45. The van der Waals surface area contributed by atoms with E-state index in [1.165, 1.54) is 4.90 Å². The van der Waals surface area contributed by atoms with E-state index in [-0.39, 0.29) is 25.0 Å². The molecule has 0 spiro atoms. The summed E-state index contributed by atoms with van der Waals surface area (Å²) in [6, 6.07) is 5.51. The quantitative estimate of drug-likeness (QED) is 0.709. The van der Waals surface area contributed by atoms with Gasteiger partial charge in [-0.1, -0.05) is 35.2 Å². The van der Waals surface area contributed by atoms with Crippen LogP contribution in [-0.4, -0.2) is 55.5 Å². The molecule has 3 rings (SSSR count). The van der Waals surface area contributed by atoms with Gasteiger partial charge in [0.25, 0.3) is 0 Å². The number of nitrogens with zero attached hydrogens (tertiary/aromatic N) is 2. The molecule has 0 radical (unpaired) electrons. The molecule has 1 saturated heterocycles. The van der Waals surface area contributed by atoms with Gasteiger partial charge >= 0.3 is 0 Å². The summed E-state index contributed by atoms with van der Waals surface area (Å²) >= 11 is 3.46. The molecule has 1 heterocycles. The van der Waals surface area contributed by atoms with Crippen molar-refractivity contribution in [1.82, 2.24) is 9.62 Å². The Labute approximate surface area is 181 Å². The zero-order valence-corrected chi connectivity index (χ0v) is 19.5. The molecule has 29 heavy (non-hydrogen) atoms. The maximum atomic E-state index is 13.4. The maximum Gasteiger partial charge on any atom is 0.247 e.